The molecule has 2 saturated carbocycles. The Balaban J connectivity index is 1.51. The van der Waals surface area contributed by atoms with Gasteiger partial charge >= 0.3 is 0 Å². The Labute approximate surface area is 115 Å². The van der Waals surface area contributed by atoms with Crippen LogP contribution in [0.1, 0.15) is 49.1 Å². The number of rotatable bonds is 4. The van der Waals surface area contributed by atoms with Crippen molar-refractivity contribution in [1.82, 2.24) is 5.32 Å². The minimum absolute atomic E-state index is 0.735. The standard InChI is InChI=1S/C17H23NO/c1-3-12-4-2-10-19-17(12)16(5-1)15-9-6-13(15)11-18-14-7-8-14/h1,3,5,13-15,18H,2,4,6-11H2. The van der Waals surface area contributed by atoms with E-state index in [9.17, 15) is 0 Å². The van der Waals surface area contributed by atoms with E-state index in [4.69, 9.17) is 4.74 Å². The Morgan fingerprint density at radius 1 is 1.16 bits per heavy atom. The van der Waals surface area contributed by atoms with Gasteiger partial charge in [-0.3, -0.25) is 0 Å². The van der Waals surface area contributed by atoms with Gasteiger partial charge in [-0.2, -0.15) is 0 Å². The van der Waals surface area contributed by atoms with Gasteiger partial charge in [-0.25, -0.2) is 0 Å². The summed E-state index contributed by atoms with van der Waals surface area (Å²) in [6, 6.07) is 7.61. The first kappa shape index (κ1) is 11.8. The molecule has 1 aliphatic heterocycles. The van der Waals surface area contributed by atoms with E-state index in [0.717, 1.165) is 24.5 Å². The highest BCUT2D eigenvalue weighted by Gasteiger charge is 2.35. The van der Waals surface area contributed by atoms with Gasteiger partial charge in [0.25, 0.3) is 0 Å². The first-order valence-corrected chi connectivity index (χ1v) is 7.90. The molecule has 2 heteroatoms. The van der Waals surface area contributed by atoms with Crippen molar-refractivity contribution in [2.75, 3.05) is 13.2 Å². The molecule has 2 nitrogen and oxygen atoms in total. The molecule has 1 N–H and O–H groups in total. The van der Waals surface area contributed by atoms with Crippen LogP contribution < -0.4 is 10.1 Å². The van der Waals surface area contributed by atoms with Crippen molar-refractivity contribution in [2.24, 2.45) is 5.92 Å². The number of para-hydroxylation sites is 1. The fraction of sp³-hybridized carbons (Fsp3) is 0.647. The summed E-state index contributed by atoms with van der Waals surface area (Å²) in [5.41, 5.74) is 2.93. The fourth-order valence-electron chi connectivity index (χ4n) is 3.53. The van der Waals surface area contributed by atoms with E-state index in [-0.39, 0.29) is 0 Å². The van der Waals surface area contributed by atoms with Gasteiger partial charge in [0.05, 0.1) is 6.61 Å². The van der Waals surface area contributed by atoms with Gasteiger partial charge in [-0.15, -0.1) is 0 Å². The zero-order valence-electron chi connectivity index (χ0n) is 11.5. The van der Waals surface area contributed by atoms with Gasteiger partial charge < -0.3 is 10.1 Å². The normalized spacial score (nSPS) is 29.3. The van der Waals surface area contributed by atoms with Crippen LogP contribution in [0, 0.1) is 5.92 Å². The lowest BCUT2D eigenvalue weighted by molar-refractivity contribution is 0.228. The number of nitrogens with one attached hydrogen (secondary N) is 1. The molecule has 0 saturated heterocycles. The van der Waals surface area contributed by atoms with E-state index < -0.39 is 0 Å². The van der Waals surface area contributed by atoms with E-state index in [1.165, 1.54) is 61.9 Å². The van der Waals surface area contributed by atoms with Crippen LogP contribution in [0.25, 0.3) is 0 Å². The average molecular weight is 257 g/mol. The molecule has 0 radical (unpaired) electrons. The number of benzene rings is 1. The van der Waals surface area contributed by atoms with Crippen molar-refractivity contribution in [3.8, 4) is 5.75 Å². The molecular weight excluding hydrogens is 234 g/mol. The molecule has 1 aromatic rings. The summed E-state index contributed by atoms with van der Waals surface area (Å²) in [5.74, 6) is 2.80. The number of hydrogen-bond donors (Lipinski definition) is 1. The quantitative estimate of drug-likeness (QED) is 0.894. The van der Waals surface area contributed by atoms with Gasteiger partial charge in [0.1, 0.15) is 5.75 Å². The van der Waals surface area contributed by atoms with Crippen LogP contribution in [0.4, 0.5) is 0 Å². The van der Waals surface area contributed by atoms with E-state index in [0.29, 0.717) is 0 Å². The van der Waals surface area contributed by atoms with Crippen LogP contribution in [0.15, 0.2) is 18.2 Å². The van der Waals surface area contributed by atoms with Crippen LogP contribution in [0.2, 0.25) is 0 Å². The van der Waals surface area contributed by atoms with Gasteiger partial charge in [-0.1, -0.05) is 18.2 Å². The van der Waals surface area contributed by atoms with Gasteiger partial charge in [0.2, 0.25) is 0 Å². The molecule has 2 aliphatic carbocycles. The second-order valence-corrected chi connectivity index (χ2v) is 6.41. The third kappa shape index (κ3) is 2.27. The molecule has 0 bridgehead atoms. The molecule has 19 heavy (non-hydrogen) atoms. The molecule has 3 aliphatic rings. The Kier molecular flexibility index (Phi) is 2.99. The maximum atomic E-state index is 5.98. The summed E-state index contributed by atoms with van der Waals surface area (Å²) in [4.78, 5) is 0. The van der Waals surface area contributed by atoms with E-state index in [1.54, 1.807) is 0 Å². The number of ether oxygens (including phenoxy) is 1. The summed E-state index contributed by atoms with van der Waals surface area (Å²) >= 11 is 0. The summed E-state index contributed by atoms with van der Waals surface area (Å²) in [6.45, 7) is 2.11. The molecule has 0 amide bonds. The Morgan fingerprint density at radius 3 is 2.89 bits per heavy atom. The molecule has 102 valence electrons. The second-order valence-electron chi connectivity index (χ2n) is 6.41. The van der Waals surface area contributed by atoms with Crippen molar-refractivity contribution in [2.45, 2.75) is 50.5 Å². The highest BCUT2D eigenvalue weighted by Crippen LogP contribution is 2.47. The Hall–Kier alpha value is -1.02. The number of hydrogen-bond acceptors (Lipinski definition) is 2. The van der Waals surface area contributed by atoms with Crippen molar-refractivity contribution in [3.05, 3.63) is 29.3 Å². The van der Waals surface area contributed by atoms with Crippen LogP contribution in [0.3, 0.4) is 0 Å². The first-order chi connectivity index (χ1) is 9.42. The molecule has 0 aromatic heterocycles. The van der Waals surface area contributed by atoms with Crippen molar-refractivity contribution in [1.29, 1.82) is 0 Å². The van der Waals surface area contributed by atoms with Gasteiger partial charge in [-0.05, 0) is 68.0 Å². The van der Waals surface area contributed by atoms with Crippen LogP contribution in [-0.4, -0.2) is 19.2 Å². The predicted molar refractivity (Wildman–Crippen MR) is 76.7 cm³/mol. The van der Waals surface area contributed by atoms with Crippen LogP contribution in [-0.2, 0) is 6.42 Å². The largest absolute Gasteiger partial charge is 0.493 e. The smallest absolute Gasteiger partial charge is 0.125 e. The van der Waals surface area contributed by atoms with Crippen molar-refractivity contribution >= 4 is 0 Å². The average Bonchev–Trinajstić information content (AvgIpc) is 3.22. The lowest BCUT2D eigenvalue weighted by atomic mass is 9.69. The predicted octanol–water partition coefficient (Wildman–Crippen LogP) is 3.26. The summed E-state index contributed by atoms with van der Waals surface area (Å²) in [7, 11) is 0. The summed E-state index contributed by atoms with van der Waals surface area (Å²) < 4.78 is 5.98. The topological polar surface area (TPSA) is 21.3 Å². The maximum absolute atomic E-state index is 5.98. The highest BCUT2D eigenvalue weighted by atomic mass is 16.5. The molecule has 4 rings (SSSR count). The first-order valence-electron chi connectivity index (χ1n) is 7.90. The highest BCUT2D eigenvalue weighted by molar-refractivity contribution is 5.45. The lowest BCUT2D eigenvalue weighted by Gasteiger charge is -2.39. The van der Waals surface area contributed by atoms with Gasteiger partial charge in [0, 0.05) is 6.04 Å². The molecule has 0 spiro atoms. The second kappa shape index (κ2) is 4.82. The van der Waals surface area contributed by atoms with E-state index in [1.807, 2.05) is 0 Å². The molecule has 2 unspecified atom stereocenters. The Morgan fingerprint density at radius 2 is 2.11 bits per heavy atom. The van der Waals surface area contributed by atoms with Crippen LogP contribution >= 0.6 is 0 Å². The lowest BCUT2D eigenvalue weighted by Crippen LogP contribution is -2.35. The SMILES string of the molecule is c1cc2c(c(C3CCC3CNC3CC3)c1)OCCC2. The van der Waals surface area contributed by atoms with Gasteiger partial charge in [0.15, 0.2) is 0 Å². The molecule has 2 fully saturated rings. The molecule has 2 atom stereocenters. The monoisotopic (exact) mass is 257 g/mol. The molecular formula is C17H23NO. The number of fused-ring (bicyclic) bond motifs is 1. The van der Waals surface area contributed by atoms with Crippen LogP contribution in [0.5, 0.6) is 5.75 Å². The third-order valence-corrected chi connectivity index (χ3v) is 5.03. The minimum atomic E-state index is 0.735. The van der Waals surface area contributed by atoms with Crippen molar-refractivity contribution < 1.29 is 4.74 Å². The van der Waals surface area contributed by atoms with E-state index >= 15 is 0 Å². The summed E-state index contributed by atoms with van der Waals surface area (Å²) in [5, 5.41) is 3.70. The number of aryl methyl sites for hydroxylation is 1. The minimum Gasteiger partial charge on any atom is -0.493 e. The zero-order valence-corrected chi connectivity index (χ0v) is 11.5. The fourth-order valence-corrected chi connectivity index (χ4v) is 3.53. The van der Waals surface area contributed by atoms with Crippen molar-refractivity contribution in [3.63, 3.8) is 0 Å². The molecule has 1 aromatic carbocycles. The maximum Gasteiger partial charge on any atom is 0.125 e. The third-order valence-electron chi connectivity index (χ3n) is 5.03. The zero-order chi connectivity index (χ0) is 12.7. The molecule has 1 heterocycles. The van der Waals surface area contributed by atoms with E-state index in [2.05, 4.69) is 23.5 Å². The summed E-state index contributed by atoms with van der Waals surface area (Å²) in [6.07, 6.45) is 7.88. The Bertz CT molecular complexity index is 466.